The van der Waals surface area contributed by atoms with Crippen molar-refractivity contribution >= 4 is 29.1 Å². The fraction of sp³-hybridized carbons (Fsp3) is 0.143. The van der Waals surface area contributed by atoms with Crippen LogP contribution in [0.1, 0.15) is 0 Å². The Bertz CT molecular complexity index is 546. The molecule has 0 aliphatic carbocycles. The van der Waals surface area contributed by atoms with Crippen molar-refractivity contribution in [3.8, 4) is 0 Å². The molecule has 0 aliphatic heterocycles. The Hall–Kier alpha value is -1.26. The maximum Gasteiger partial charge on any atom is 0.136 e. The van der Waals surface area contributed by atoms with E-state index in [1.807, 2.05) is 12.1 Å². The van der Waals surface area contributed by atoms with Gasteiger partial charge in [-0.15, -0.1) is 11.8 Å². The zero-order valence-electron chi connectivity index (χ0n) is 10.00. The second-order valence-electron chi connectivity index (χ2n) is 3.86. The molecule has 0 aliphatic rings. The minimum absolute atomic E-state index is 0.331. The number of hydrogen-bond donors (Lipinski definition) is 1. The molecule has 2 aromatic rings. The Kier molecular flexibility index (Phi) is 5.05. The van der Waals surface area contributed by atoms with Gasteiger partial charge in [0.15, 0.2) is 0 Å². The van der Waals surface area contributed by atoms with Crippen LogP contribution in [0.25, 0.3) is 0 Å². The number of benzene rings is 2. The Labute approximate surface area is 120 Å². The van der Waals surface area contributed by atoms with E-state index in [0.717, 1.165) is 17.8 Å². The molecule has 2 rings (SSSR count). The van der Waals surface area contributed by atoms with Crippen LogP contribution in [0.3, 0.4) is 0 Å². The first-order chi connectivity index (χ1) is 9.15. The van der Waals surface area contributed by atoms with Gasteiger partial charge in [-0.1, -0.05) is 11.6 Å². The van der Waals surface area contributed by atoms with Crippen molar-refractivity contribution in [2.75, 3.05) is 17.6 Å². The summed E-state index contributed by atoms with van der Waals surface area (Å²) in [6, 6.07) is 10.8. The van der Waals surface area contributed by atoms with Gasteiger partial charge >= 0.3 is 0 Å². The number of hydrogen-bond acceptors (Lipinski definition) is 2. The fourth-order valence-corrected chi connectivity index (χ4v) is 2.46. The normalized spacial score (nSPS) is 10.5. The van der Waals surface area contributed by atoms with Crippen molar-refractivity contribution in [3.63, 3.8) is 0 Å². The lowest BCUT2D eigenvalue weighted by Crippen LogP contribution is -2.03. The molecule has 0 bridgehead atoms. The van der Waals surface area contributed by atoms with Gasteiger partial charge in [-0.25, -0.2) is 8.78 Å². The van der Waals surface area contributed by atoms with Gasteiger partial charge in [0, 0.05) is 27.9 Å². The topological polar surface area (TPSA) is 12.0 Å². The standard InChI is InChI=1S/C14H12ClF2NS/c15-10-1-4-12(5-2-10)18-7-8-19-14-9-11(16)3-6-13(14)17/h1-6,9,18H,7-8H2. The zero-order valence-corrected chi connectivity index (χ0v) is 11.6. The van der Waals surface area contributed by atoms with Crippen LogP contribution in [0, 0.1) is 11.6 Å². The Morgan fingerprint density at radius 3 is 2.53 bits per heavy atom. The highest BCUT2D eigenvalue weighted by Crippen LogP contribution is 2.22. The first-order valence-electron chi connectivity index (χ1n) is 5.72. The summed E-state index contributed by atoms with van der Waals surface area (Å²) in [7, 11) is 0. The summed E-state index contributed by atoms with van der Waals surface area (Å²) in [5.41, 5.74) is 0.949. The second-order valence-corrected chi connectivity index (χ2v) is 5.43. The van der Waals surface area contributed by atoms with E-state index < -0.39 is 11.6 Å². The summed E-state index contributed by atoms with van der Waals surface area (Å²) < 4.78 is 26.3. The molecule has 0 unspecified atom stereocenters. The molecule has 0 amide bonds. The minimum Gasteiger partial charge on any atom is -0.384 e. The third kappa shape index (κ3) is 4.40. The van der Waals surface area contributed by atoms with Crippen LogP contribution in [0.5, 0.6) is 0 Å². The smallest absolute Gasteiger partial charge is 0.136 e. The molecule has 19 heavy (non-hydrogen) atoms. The molecule has 0 radical (unpaired) electrons. The van der Waals surface area contributed by atoms with E-state index in [-0.39, 0.29) is 0 Å². The summed E-state index contributed by atoms with van der Waals surface area (Å²) in [5.74, 6) is -0.171. The van der Waals surface area contributed by atoms with E-state index in [1.165, 1.54) is 17.8 Å². The Balaban J connectivity index is 1.80. The van der Waals surface area contributed by atoms with Gasteiger partial charge in [0.1, 0.15) is 11.6 Å². The summed E-state index contributed by atoms with van der Waals surface area (Å²) in [4.78, 5) is 0.331. The Morgan fingerprint density at radius 1 is 1.05 bits per heavy atom. The number of thioether (sulfide) groups is 1. The highest BCUT2D eigenvalue weighted by Gasteiger charge is 2.04. The van der Waals surface area contributed by atoms with Crippen LogP contribution < -0.4 is 5.32 Å². The van der Waals surface area contributed by atoms with E-state index in [0.29, 0.717) is 22.2 Å². The maximum absolute atomic E-state index is 13.3. The van der Waals surface area contributed by atoms with Crippen molar-refractivity contribution in [2.24, 2.45) is 0 Å². The molecule has 0 atom stereocenters. The van der Waals surface area contributed by atoms with E-state index in [4.69, 9.17) is 11.6 Å². The molecule has 0 spiro atoms. The van der Waals surface area contributed by atoms with Crippen LogP contribution in [0.4, 0.5) is 14.5 Å². The van der Waals surface area contributed by atoms with Crippen LogP contribution in [-0.2, 0) is 0 Å². The van der Waals surface area contributed by atoms with Gasteiger partial charge in [0.05, 0.1) is 0 Å². The van der Waals surface area contributed by atoms with E-state index in [2.05, 4.69) is 5.32 Å². The largest absolute Gasteiger partial charge is 0.384 e. The molecule has 100 valence electrons. The average Bonchev–Trinajstić information content (AvgIpc) is 2.40. The molecular weight excluding hydrogens is 288 g/mol. The van der Waals surface area contributed by atoms with Crippen molar-refractivity contribution in [2.45, 2.75) is 4.90 Å². The predicted octanol–water partition coefficient (Wildman–Crippen LogP) is 4.82. The second kappa shape index (κ2) is 6.78. The first kappa shape index (κ1) is 14.2. The van der Waals surface area contributed by atoms with Crippen molar-refractivity contribution < 1.29 is 8.78 Å². The van der Waals surface area contributed by atoms with E-state index in [9.17, 15) is 8.78 Å². The summed E-state index contributed by atoms with van der Waals surface area (Å²) >= 11 is 7.06. The monoisotopic (exact) mass is 299 g/mol. The van der Waals surface area contributed by atoms with Crippen molar-refractivity contribution in [1.82, 2.24) is 0 Å². The van der Waals surface area contributed by atoms with Gasteiger partial charge in [-0.05, 0) is 42.5 Å². The zero-order chi connectivity index (χ0) is 13.7. The van der Waals surface area contributed by atoms with Crippen LogP contribution >= 0.6 is 23.4 Å². The molecule has 0 aromatic heterocycles. The number of nitrogens with one attached hydrogen (secondary N) is 1. The Morgan fingerprint density at radius 2 is 1.79 bits per heavy atom. The SMILES string of the molecule is Fc1ccc(F)c(SCCNc2ccc(Cl)cc2)c1. The van der Waals surface area contributed by atoms with Gasteiger partial charge in [0.25, 0.3) is 0 Å². The molecule has 0 heterocycles. The first-order valence-corrected chi connectivity index (χ1v) is 7.09. The quantitative estimate of drug-likeness (QED) is 0.627. The van der Waals surface area contributed by atoms with Gasteiger partial charge in [0.2, 0.25) is 0 Å². The van der Waals surface area contributed by atoms with Crippen LogP contribution in [0.15, 0.2) is 47.4 Å². The molecular formula is C14H12ClF2NS. The number of anilines is 1. The molecule has 0 saturated heterocycles. The van der Waals surface area contributed by atoms with Crippen LogP contribution in [-0.4, -0.2) is 12.3 Å². The van der Waals surface area contributed by atoms with E-state index >= 15 is 0 Å². The molecule has 1 nitrogen and oxygen atoms in total. The third-order valence-corrected chi connectivity index (χ3v) is 3.71. The maximum atomic E-state index is 13.3. The van der Waals surface area contributed by atoms with Crippen molar-refractivity contribution in [1.29, 1.82) is 0 Å². The van der Waals surface area contributed by atoms with E-state index in [1.54, 1.807) is 12.1 Å². The van der Waals surface area contributed by atoms with Crippen molar-refractivity contribution in [3.05, 3.63) is 59.1 Å². The summed E-state index contributed by atoms with van der Waals surface area (Å²) in [6.45, 7) is 0.655. The average molecular weight is 300 g/mol. The summed E-state index contributed by atoms with van der Waals surface area (Å²) in [5, 5.41) is 3.86. The molecule has 5 heteroatoms. The highest BCUT2D eigenvalue weighted by molar-refractivity contribution is 7.99. The third-order valence-electron chi connectivity index (χ3n) is 2.43. The number of halogens is 3. The minimum atomic E-state index is -0.422. The number of rotatable bonds is 5. The van der Waals surface area contributed by atoms with Gasteiger partial charge in [-0.2, -0.15) is 0 Å². The molecule has 0 fully saturated rings. The highest BCUT2D eigenvalue weighted by atomic mass is 35.5. The molecule has 0 saturated carbocycles. The van der Waals surface area contributed by atoms with Gasteiger partial charge < -0.3 is 5.32 Å². The summed E-state index contributed by atoms with van der Waals surface area (Å²) in [6.07, 6.45) is 0. The lowest BCUT2D eigenvalue weighted by atomic mass is 10.3. The molecule has 1 N–H and O–H groups in total. The molecule has 2 aromatic carbocycles. The van der Waals surface area contributed by atoms with Crippen LogP contribution in [0.2, 0.25) is 5.02 Å². The fourth-order valence-electron chi connectivity index (χ4n) is 1.51. The lowest BCUT2D eigenvalue weighted by Gasteiger charge is -2.07. The van der Waals surface area contributed by atoms with Gasteiger partial charge in [-0.3, -0.25) is 0 Å². The predicted molar refractivity (Wildman–Crippen MR) is 77.0 cm³/mol. The lowest BCUT2D eigenvalue weighted by molar-refractivity contribution is 0.577.